The van der Waals surface area contributed by atoms with Crippen LogP contribution in [0.2, 0.25) is 0 Å². The Morgan fingerprint density at radius 2 is 2.06 bits per heavy atom. The third-order valence-electron chi connectivity index (χ3n) is 2.44. The Kier molecular flexibility index (Phi) is 4.51. The van der Waals surface area contributed by atoms with Gasteiger partial charge in [0.1, 0.15) is 0 Å². The second-order valence-electron chi connectivity index (χ2n) is 3.85. The van der Waals surface area contributed by atoms with Crippen molar-refractivity contribution in [1.82, 2.24) is 15.5 Å². The van der Waals surface area contributed by atoms with E-state index in [0.29, 0.717) is 18.3 Å². The van der Waals surface area contributed by atoms with Crippen LogP contribution in [0.25, 0.3) is 11.5 Å². The van der Waals surface area contributed by atoms with Crippen molar-refractivity contribution in [3.63, 3.8) is 0 Å². The highest BCUT2D eigenvalue weighted by atomic mass is 16.4. The fraction of sp³-hybridized carbons (Fsp3) is 0.286. The molecule has 0 spiro atoms. The average molecular weight is 241 g/mol. The molecule has 0 aliphatic heterocycles. The van der Waals surface area contributed by atoms with Crippen LogP contribution in [-0.4, -0.2) is 16.7 Å². The Morgan fingerprint density at radius 3 is 2.83 bits per heavy atom. The van der Waals surface area contributed by atoms with Crippen LogP contribution < -0.4 is 5.32 Å². The topological polar surface area (TPSA) is 51.0 Å². The van der Waals surface area contributed by atoms with Crippen molar-refractivity contribution in [1.29, 1.82) is 0 Å². The average Bonchev–Trinajstić information content (AvgIpc) is 2.88. The monoisotopic (exact) mass is 241 g/mol. The quantitative estimate of drug-likeness (QED) is 0.622. The molecule has 1 heterocycles. The molecule has 1 aromatic carbocycles. The van der Waals surface area contributed by atoms with Gasteiger partial charge >= 0.3 is 0 Å². The maximum absolute atomic E-state index is 5.55. The fourth-order valence-electron chi connectivity index (χ4n) is 1.53. The molecule has 0 bridgehead atoms. The minimum absolute atomic E-state index is 0.552. The summed E-state index contributed by atoms with van der Waals surface area (Å²) < 4.78 is 5.55. The second-order valence-corrected chi connectivity index (χ2v) is 3.85. The van der Waals surface area contributed by atoms with Crippen molar-refractivity contribution in [3.8, 4) is 23.8 Å². The van der Waals surface area contributed by atoms with Crippen molar-refractivity contribution in [2.45, 2.75) is 19.4 Å². The van der Waals surface area contributed by atoms with E-state index in [2.05, 4.69) is 21.4 Å². The summed E-state index contributed by atoms with van der Waals surface area (Å²) in [6.45, 7) is 1.43. The molecule has 0 atom stereocenters. The van der Waals surface area contributed by atoms with E-state index >= 15 is 0 Å². The van der Waals surface area contributed by atoms with Crippen molar-refractivity contribution in [2.24, 2.45) is 0 Å². The molecule has 0 amide bonds. The van der Waals surface area contributed by atoms with E-state index in [0.717, 1.165) is 24.9 Å². The maximum atomic E-state index is 5.55. The Balaban J connectivity index is 1.86. The predicted octanol–water partition coefficient (Wildman–Crippen LogP) is 2.24. The Morgan fingerprint density at radius 1 is 1.22 bits per heavy atom. The first-order chi connectivity index (χ1) is 8.90. The molecule has 0 aliphatic rings. The largest absolute Gasteiger partial charge is 0.419 e. The number of nitrogens with zero attached hydrogens (tertiary/aromatic N) is 2. The smallest absolute Gasteiger partial charge is 0.247 e. The van der Waals surface area contributed by atoms with E-state index < -0.39 is 0 Å². The highest BCUT2D eigenvalue weighted by Gasteiger charge is 2.06. The standard InChI is InChI=1S/C14H15N3O/c1-2-3-7-10-15-11-13-16-17-14(18-13)12-8-5-4-6-9-12/h1,4-6,8-9,15H,3,7,10-11H2. The van der Waals surface area contributed by atoms with Gasteiger partial charge < -0.3 is 9.73 Å². The molecule has 1 N–H and O–H groups in total. The molecule has 0 saturated heterocycles. The number of terminal acetylenes is 1. The second kappa shape index (κ2) is 6.58. The zero-order valence-electron chi connectivity index (χ0n) is 10.1. The van der Waals surface area contributed by atoms with Gasteiger partial charge in [-0.1, -0.05) is 18.2 Å². The van der Waals surface area contributed by atoms with Crippen molar-refractivity contribution in [2.75, 3.05) is 6.54 Å². The molecule has 4 heteroatoms. The summed E-state index contributed by atoms with van der Waals surface area (Å²) >= 11 is 0. The van der Waals surface area contributed by atoms with Crippen LogP contribution in [0.1, 0.15) is 18.7 Å². The van der Waals surface area contributed by atoms with Gasteiger partial charge in [0.25, 0.3) is 0 Å². The molecule has 0 fully saturated rings. The third kappa shape index (κ3) is 3.44. The molecule has 0 aliphatic carbocycles. The van der Waals surface area contributed by atoms with Gasteiger partial charge in [-0.2, -0.15) is 0 Å². The third-order valence-corrected chi connectivity index (χ3v) is 2.44. The number of unbranched alkanes of at least 4 members (excludes halogenated alkanes) is 1. The van der Waals surface area contributed by atoms with Crippen LogP contribution in [-0.2, 0) is 6.54 Å². The molecule has 18 heavy (non-hydrogen) atoms. The zero-order valence-corrected chi connectivity index (χ0v) is 10.1. The molecule has 1 aromatic heterocycles. The Hall–Kier alpha value is -2.12. The molecular formula is C14H15N3O. The van der Waals surface area contributed by atoms with Crippen LogP contribution in [0.5, 0.6) is 0 Å². The summed E-state index contributed by atoms with van der Waals surface area (Å²) in [6.07, 6.45) is 6.91. The van der Waals surface area contributed by atoms with Gasteiger partial charge in [0.05, 0.1) is 6.54 Å². The number of rotatable bonds is 6. The van der Waals surface area contributed by atoms with Gasteiger partial charge in [-0.15, -0.1) is 22.5 Å². The van der Waals surface area contributed by atoms with Gasteiger partial charge in [-0.25, -0.2) is 0 Å². The maximum Gasteiger partial charge on any atom is 0.247 e. The van der Waals surface area contributed by atoms with E-state index in [1.165, 1.54) is 0 Å². The SMILES string of the molecule is C#CCCCNCc1nnc(-c2ccccc2)o1. The number of hydrogen-bond donors (Lipinski definition) is 1. The lowest BCUT2D eigenvalue weighted by molar-refractivity contribution is 0.476. The number of nitrogens with one attached hydrogen (secondary N) is 1. The highest BCUT2D eigenvalue weighted by molar-refractivity contribution is 5.51. The summed E-state index contributed by atoms with van der Waals surface area (Å²) in [5.41, 5.74) is 0.934. The summed E-state index contributed by atoms with van der Waals surface area (Å²) in [5.74, 6) is 3.74. The fourth-order valence-corrected chi connectivity index (χ4v) is 1.53. The van der Waals surface area contributed by atoms with Crippen molar-refractivity contribution < 1.29 is 4.42 Å². The van der Waals surface area contributed by atoms with Crippen LogP contribution in [0, 0.1) is 12.3 Å². The summed E-state index contributed by atoms with van der Waals surface area (Å²) in [6, 6.07) is 9.72. The lowest BCUT2D eigenvalue weighted by Crippen LogP contribution is -2.14. The molecule has 0 unspecified atom stereocenters. The minimum Gasteiger partial charge on any atom is -0.419 e. The van der Waals surface area contributed by atoms with Crippen LogP contribution in [0.3, 0.4) is 0 Å². The van der Waals surface area contributed by atoms with Gasteiger partial charge in [0.2, 0.25) is 11.8 Å². The lowest BCUT2D eigenvalue weighted by Gasteiger charge is -1.98. The minimum atomic E-state index is 0.552. The number of benzene rings is 1. The molecule has 2 rings (SSSR count). The van der Waals surface area contributed by atoms with E-state index in [1.54, 1.807) is 0 Å². The van der Waals surface area contributed by atoms with Crippen molar-refractivity contribution >= 4 is 0 Å². The van der Waals surface area contributed by atoms with Crippen LogP contribution in [0.4, 0.5) is 0 Å². The number of aromatic nitrogens is 2. The Labute approximate surface area is 106 Å². The van der Waals surface area contributed by atoms with Crippen LogP contribution in [0.15, 0.2) is 34.7 Å². The van der Waals surface area contributed by atoms with Gasteiger partial charge in [-0.05, 0) is 25.1 Å². The summed E-state index contributed by atoms with van der Waals surface area (Å²) in [4.78, 5) is 0. The molecule has 0 saturated carbocycles. The summed E-state index contributed by atoms with van der Waals surface area (Å²) in [5, 5.41) is 11.2. The van der Waals surface area contributed by atoms with E-state index in [4.69, 9.17) is 10.8 Å². The first-order valence-corrected chi connectivity index (χ1v) is 5.92. The van der Waals surface area contributed by atoms with Crippen molar-refractivity contribution in [3.05, 3.63) is 36.2 Å². The lowest BCUT2D eigenvalue weighted by atomic mass is 10.2. The highest BCUT2D eigenvalue weighted by Crippen LogP contribution is 2.16. The molecule has 2 aromatic rings. The first-order valence-electron chi connectivity index (χ1n) is 5.92. The van der Waals surface area contributed by atoms with Gasteiger partial charge in [0, 0.05) is 12.0 Å². The number of hydrogen-bond acceptors (Lipinski definition) is 4. The zero-order chi connectivity index (χ0) is 12.6. The molecule has 4 nitrogen and oxygen atoms in total. The normalized spacial score (nSPS) is 10.2. The first kappa shape index (κ1) is 12.3. The predicted molar refractivity (Wildman–Crippen MR) is 69.5 cm³/mol. The Bertz CT molecular complexity index is 513. The molecule has 92 valence electrons. The van der Waals surface area contributed by atoms with Crippen LogP contribution >= 0.6 is 0 Å². The van der Waals surface area contributed by atoms with Gasteiger partial charge in [-0.3, -0.25) is 0 Å². The molecular weight excluding hydrogens is 226 g/mol. The van der Waals surface area contributed by atoms with E-state index in [-0.39, 0.29) is 0 Å². The summed E-state index contributed by atoms with van der Waals surface area (Å²) in [7, 11) is 0. The van der Waals surface area contributed by atoms with Gasteiger partial charge in [0.15, 0.2) is 0 Å². The molecule has 0 radical (unpaired) electrons. The van der Waals surface area contributed by atoms with E-state index in [1.807, 2.05) is 30.3 Å². The van der Waals surface area contributed by atoms with E-state index in [9.17, 15) is 0 Å².